The predicted molar refractivity (Wildman–Crippen MR) is 240 cm³/mol. The molecule has 0 radical (unpaired) electrons. The van der Waals surface area contributed by atoms with Gasteiger partial charge in [0.25, 0.3) is 0 Å². The molecule has 3 heterocycles. The fourth-order valence-electron chi connectivity index (χ4n) is 9.35. The molecule has 9 aromatic carbocycles. The Morgan fingerprint density at radius 3 is 1.26 bits per heavy atom. The lowest BCUT2D eigenvalue weighted by Gasteiger charge is -2.11. The Hall–Kier alpha value is -7.62. The predicted octanol–water partition coefficient (Wildman–Crippen LogP) is 14.3. The Morgan fingerprint density at radius 1 is 0.228 bits per heavy atom. The number of benzene rings is 9. The highest BCUT2D eigenvalue weighted by Gasteiger charge is 2.20. The summed E-state index contributed by atoms with van der Waals surface area (Å²) in [5.41, 5.74) is 15.5. The summed E-state index contributed by atoms with van der Waals surface area (Å²) in [6, 6.07) is 77.4. The van der Waals surface area contributed by atoms with Crippen molar-refractivity contribution in [1.29, 1.82) is 0 Å². The molecule has 0 atom stereocenters. The second-order valence-electron chi connectivity index (χ2n) is 14.9. The van der Waals surface area contributed by atoms with Gasteiger partial charge in [-0.05, 0) is 107 Å². The minimum Gasteiger partial charge on any atom is -0.309 e. The van der Waals surface area contributed by atoms with Gasteiger partial charge in [-0.2, -0.15) is 0 Å². The fourth-order valence-corrected chi connectivity index (χ4v) is 9.35. The van der Waals surface area contributed by atoms with E-state index in [1.807, 2.05) is 0 Å². The zero-order chi connectivity index (χ0) is 37.5. The maximum absolute atomic E-state index is 2.45. The molecule has 3 nitrogen and oxygen atoms in total. The van der Waals surface area contributed by atoms with Crippen molar-refractivity contribution in [3.8, 4) is 39.3 Å². The van der Waals surface area contributed by atoms with Crippen LogP contribution in [0.2, 0.25) is 0 Å². The highest BCUT2D eigenvalue weighted by Crippen LogP contribution is 2.42. The molecular weight excluding hydrogens is 691 g/mol. The first-order valence-electron chi connectivity index (χ1n) is 19.6. The number of para-hydroxylation sites is 4. The van der Waals surface area contributed by atoms with Crippen LogP contribution in [0.1, 0.15) is 0 Å². The minimum atomic E-state index is 1.14. The number of hydrogen-bond donors (Lipinski definition) is 0. The molecule has 12 rings (SSSR count). The molecule has 12 aromatic rings. The van der Waals surface area contributed by atoms with Gasteiger partial charge >= 0.3 is 0 Å². The van der Waals surface area contributed by atoms with Crippen LogP contribution in [0.4, 0.5) is 0 Å². The molecule has 3 aromatic heterocycles. The molecule has 0 saturated carbocycles. The monoisotopic (exact) mass is 725 g/mol. The van der Waals surface area contributed by atoms with E-state index in [0.717, 1.165) is 11.4 Å². The number of nitrogens with zero attached hydrogens (tertiary/aromatic N) is 3. The third-order valence-electron chi connectivity index (χ3n) is 11.8. The largest absolute Gasteiger partial charge is 0.309 e. The molecule has 3 heteroatoms. The smallest absolute Gasteiger partial charge is 0.0547 e. The Balaban J connectivity index is 1.07. The molecule has 0 aliphatic rings. The standard InChI is InChI=1S/C54H35N3/c1-4-15-36(16-5-1)42-23-14-26-53-54(42)47-35-41(29-32-52(47)56(53)40-19-8-3-9-20-40)57-49-25-13-11-22-44(49)46-34-38(28-31-51(46)57)37-27-30-50-45(33-37)43-21-10-12-24-48(43)55(50)39-17-6-2-7-18-39/h1-35H. The second-order valence-corrected chi connectivity index (χ2v) is 14.9. The first-order valence-corrected chi connectivity index (χ1v) is 19.6. The zero-order valence-electron chi connectivity index (χ0n) is 31.0. The molecule has 266 valence electrons. The van der Waals surface area contributed by atoms with Crippen molar-refractivity contribution in [3.63, 3.8) is 0 Å². The van der Waals surface area contributed by atoms with Crippen LogP contribution in [0.3, 0.4) is 0 Å². The minimum absolute atomic E-state index is 1.14. The van der Waals surface area contributed by atoms with Gasteiger partial charge in [0, 0.05) is 49.4 Å². The van der Waals surface area contributed by atoms with Crippen LogP contribution in [0, 0.1) is 0 Å². The molecule has 0 aliphatic carbocycles. The first-order chi connectivity index (χ1) is 28.3. The molecule has 0 N–H and O–H groups in total. The summed E-state index contributed by atoms with van der Waals surface area (Å²) in [5, 5.41) is 7.50. The molecule has 0 fully saturated rings. The normalized spacial score (nSPS) is 11.9. The van der Waals surface area contributed by atoms with E-state index < -0.39 is 0 Å². The fraction of sp³-hybridized carbons (Fsp3) is 0. The summed E-state index contributed by atoms with van der Waals surface area (Å²) in [6.07, 6.45) is 0. The van der Waals surface area contributed by atoms with E-state index in [0.29, 0.717) is 0 Å². The number of fused-ring (bicyclic) bond motifs is 9. The van der Waals surface area contributed by atoms with Crippen LogP contribution in [-0.4, -0.2) is 13.7 Å². The van der Waals surface area contributed by atoms with Crippen molar-refractivity contribution in [2.45, 2.75) is 0 Å². The van der Waals surface area contributed by atoms with E-state index in [4.69, 9.17) is 0 Å². The van der Waals surface area contributed by atoms with Gasteiger partial charge in [-0.15, -0.1) is 0 Å². The molecule has 0 amide bonds. The number of rotatable bonds is 5. The van der Waals surface area contributed by atoms with Gasteiger partial charge in [0.1, 0.15) is 0 Å². The van der Waals surface area contributed by atoms with Gasteiger partial charge in [-0.1, -0.05) is 127 Å². The topological polar surface area (TPSA) is 14.8 Å². The van der Waals surface area contributed by atoms with Crippen molar-refractivity contribution in [3.05, 3.63) is 212 Å². The molecule has 0 aliphatic heterocycles. The van der Waals surface area contributed by atoms with Crippen LogP contribution in [0.5, 0.6) is 0 Å². The summed E-state index contributed by atoms with van der Waals surface area (Å²) in [7, 11) is 0. The van der Waals surface area contributed by atoms with E-state index in [1.54, 1.807) is 0 Å². The van der Waals surface area contributed by atoms with Crippen molar-refractivity contribution in [1.82, 2.24) is 13.7 Å². The second kappa shape index (κ2) is 12.5. The third-order valence-corrected chi connectivity index (χ3v) is 11.8. The third kappa shape index (κ3) is 4.79. The first kappa shape index (κ1) is 31.7. The van der Waals surface area contributed by atoms with Crippen LogP contribution in [-0.2, 0) is 0 Å². The lowest BCUT2D eigenvalue weighted by Crippen LogP contribution is -1.95. The van der Waals surface area contributed by atoms with E-state index in [9.17, 15) is 0 Å². The Bertz CT molecular complexity index is 3500. The molecular formula is C54H35N3. The van der Waals surface area contributed by atoms with Crippen molar-refractivity contribution in [2.75, 3.05) is 0 Å². The lowest BCUT2D eigenvalue weighted by molar-refractivity contribution is 1.17. The van der Waals surface area contributed by atoms with Crippen LogP contribution >= 0.6 is 0 Å². The summed E-state index contributed by atoms with van der Waals surface area (Å²) in [5.74, 6) is 0. The SMILES string of the molecule is c1ccc(-c2cccc3c2c2cc(-n4c5ccccc5c5cc(-c6ccc7c(c6)c6ccccc6n7-c6ccccc6)ccc54)ccc2n3-c2ccccc2)cc1. The van der Waals surface area contributed by atoms with E-state index in [1.165, 1.54) is 93.4 Å². The van der Waals surface area contributed by atoms with Gasteiger partial charge in [0.15, 0.2) is 0 Å². The van der Waals surface area contributed by atoms with Crippen molar-refractivity contribution in [2.24, 2.45) is 0 Å². The van der Waals surface area contributed by atoms with Crippen LogP contribution in [0.15, 0.2) is 212 Å². The number of aromatic nitrogens is 3. The highest BCUT2D eigenvalue weighted by atomic mass is 15.0. The van der Waals surface area contributed by atoms with Gasteiger partial charge in [-0.25, -0.2) is 0 Å². The molecule has 0 bridgehead atoms. The number of hydrogen-bond acceptors (Lipinski definition) is 0. The average molecular weight is 726 g/mol. The van der Waals surface area contributed by atoms with Gasteiger partial charge in [0.05, 0.1) is 33.1 Å². The molecule has 0 saturated heterocycles. The summed E-state index contributed by atoms with van der Waals surface area (Å²) < 4.78 is 7.23. The van der Waals surface area contributed by atoms with Gasteiger partial charge < -0.3 is 13.7 Å². The Morgan fingerprint density at radius 2 is 0.667 bits per heavy atom. The van der Waals surface area contributed by atoms with Gasteiger partial charge in [-0.3, -0.25) is 0 Å². The van der Waals surface area contributed by atoms with E-state index in [2.05, 4.69) is 226 Å². The van der Waals surface area contributed by atoms with Crippen LogP contribution < -0.4 is 0 Å². The van der Waals surface area contributed by atoms with E-state index >= 15 is 0 Å². The Labute approximate surface area is 329 Å². The van der Waals surface area contributed by atoms with Crippen molar-refractivity contribution >= 4 is 65.4 Å². The lowest BCUT2D eigenvalue weighted by atomic mass is 9.99. The molecule has 0 spiro atoms. The maximum Gasteiger partial charge on any atom is 0.0547 e. The van der Waals surface area contributed by atoms with Gasteiger partial charge in [0.2, 0.25) is 0 Å². The summed E-state index contributed by atoms with van der Waals surface area (Å²) >= 11 is 0. The molecule has 0 unspecified atom stereocenters. The Kier molecular flexibility index (Phi) is 6.93. The molecule has 57 heavy (non-hydrogen) atoms. The van der Waals surface area contributed by atoms with E-state index in [-0.39, 0.29) is 0 Å². The highest BCUT2D eigenvalue weighted by molar-refractivity contribution is 6.17. The summed E-state index contributed by atoms with van der Waals surface area (Å²) in [4.78, 5) is 0. The van der Waals surface area contributed by atoms with Crippen molar-refractivity contribution < 1.29 is 0 Å². The summed E-state index contributed by atoms with van der Waals surface area (Å²) in [6.45, 7) is 0. The van der Waals surface area contributed by atoms with Crippen LogP contribution in [0.25, 0.3) is 105 Å². The quantitative estimate of drug-likeness (QED) is 0.168. The average Bonchev–Trinajstić information content (AvgIpc) is 3.92. The maximum atomic E-state index is 2.45. The zero-order valence-corrected chi connectivity index (χ0v) is 31.0.